The number of hydrogen-bond acceptors (Lipinski definition) is 2. The molecule has 2 rings (SSSR count). The maximum absolute atomic E-state index is 12.6. The predicted octanol–water partition coefficient (Wildman–Crippen LogP) is 2.84. The van der Waals surface area contributed by atoms with Gasteiger partial charge in [0, 0.05) is 29.9 Å². The van der Waals surface area contributed by atoms with Crippen molar-refractivity contribution in [2.75, 3.05) is 32.0 Å². The molecule has 0 saturated carbocycles. The Morgan fingerprint density at radius 1 is 0.967 bits per heavy atom. The largest absolute Gasteiger partial charge is 0.416 e. The summed E-state index contributed by atoms with van der Waals surface area (Å²) >= 11 is 0. The lowest BCUT2D eigenvalue weighted by Gasteiger charge is -2.18. The Morgan fingerprint density at radius 2 is 1.53 bits per heavy atom. The quantitative estimate of drug-likeness (QED) is 0.688. The SMILES string of the molecule is CCN(CC)C(=O)c1ccc(NC(=O)C[NH+](C)Cc2ccc(C(F)(F)F)cc2)cc1. The number of carbonyl (C=O) groups excluding carboxylic acids is 2. The Hall–Kier alpha value is -2.87. The molecule has 0 fully saturated rings. The van der Waals surface area contributed by atoms with Crippen LogP contribution in [-0.2, 0) is 17.5 Å². The first-order valence-corrected chi connectivity index (χ1v) is 9.80. The summed E-state index contributed by atoms with van der Waals surface area (Å²) in [7, 11) is 1.79. The molecule has 5 nitrogen and oxygen atoms in total. The Balaban J connectivity index is 1.88. The lowest BCUT2D eigenvalue weighted by atomic mass is 10.1. The summed E-state index contributed by atoms with van der Waals surface area (Å²) in [6, 6.07) is 11.7. The molecule has 0 saturated heterocycles. The number of rotatable bonds is 8. The summed E-state index contributed by atoms with van der Waals surface area (Å²) in [5.41, 5.74) is 1.16. The van der Waals surface area contributed by atoms with Gasteiger partial charge in [-0.05, 0) is 50.2 Å². The van der Waals surface area contributed by atoms with Crippen LogP contribution in [0.15, 0.2) is 48.5 Å². The fourth-order valence-corrected chi connectivity index (χ4v) is 3.09. The lowest BCUT2D eigenvalue weighted by molar-refractivity contribution is -0.885. The van der Waals surface area contributed by atoms with Crippen molar-refractivity contribution < 1.29 is 27.7 Å². The number of nitrogens with one attached hydrogen (secondary N) is 2. The molecule has 30 heavy (non-hydrogen) atoms. The van der Waals surface area contributed by atoms with Gasteiger partial charge in [0.25, 0.3) is 11.8 Å². The molecule has 0 heterocycles. The molecule has 2 amide bonds. The van der Waals surface area contributed by atoms with Gasteiger partial charge in [-0.25, -0.2) is 0 Å². The van der Waals surface area contributed by atoms with Crippen molar-refractivity contribution >= 4 is 17.5 Å². The predicted molar refractivity (Wildman–Crippen MR) is 109 cm³/mol. The molecule has 0 aliphatic heterocycles. The molecule has 0 spiro atoms. The summed E-state index contributed by atoms with van der Waals surface area (Å²) in [5, 5.41) is 2.78. The van der Waals surface area contributed by atoms with Gasteiger partial charge >= 0.3 is 6.18 Å². The van der Waals surface area contributed by atoms with E-state index in [1.807, 2.05) is 13.8 Å². The molecule has 1 unspecified atom stereocenters. The molecule has 0 aliphatic carbocycles. The number of anilines is 1. The molecule has 2 aromatic rings. The normalized spacial score (nSPS) is 12.3. The molecule has 8 heteroatoms. The number of amides is 2. The number of carbonyl (C=O) groups is 2. The second-order valence-electron chi connectivity index (χ2n) is 7.11. The van der Waals surface area contributed by atoms with Gasteiger partial charge in [0.2, 0.25) is 0 Å². The number of likely N-dealkylation sites (N-methyl/N-ethyl adjacent to an activating group) is 1. The Kier molecular flexibility index (Phi) is 8.00. The number of nitrogens with zero attached hydrogens (tertiary/aromatic N) is 1. The molecule has 0 bridgehead atoms. The van der Waals surface area contributed by atoms with Crippen LogP contribution in [0.25, 0.3) is 0 Å². The third kappa shape index (κ3) is 6.59. The number of benzene rings is 2. The highest BCUT2D eigenvalue weighted by Gasteiger charge is 2.30. The van der Waals surface area contributed by atoms with Gasteiger partial charge in [-0.15, -0.1) is 0 Å². The molecule has 2 N–H and O–H groups in total. The number of hydrogen-bond donors (Lipinski definition) is 2. The van der Waals surface area contributed by atoms with Crippen LogP contribution in [-0.4, -0.2) is 43.4 Å². The average Bonchev–Trinajstić information content (AvgIpc) is 2.69. The highest BCUT2D eigenvalue weighted by Crippen LogP contribution is 2.28. The van der Waals surface area contributed by atoms with Crippen molar-refractivity contribution in [3.63, 3.8) is 0 Å². The maximum Gasteiger partial charge on any atom is 0.416 e. The third-order valence-electron chi connectivity index (χ3n) is 4.72. The van der Waals surface area contributed by atoms with Gasteiger partial charge in [-0.1, -0.05) is 12.1 Å². The van der Waals surface area contributed by atoms with Crippen LogP contribution >= 0.6 is 0 Å². The maximum atomic E-state index is 12.6. The summed E-state index contributed by atoms with van der Waals surface area (Å²) < 4.78 is 37.9. The Bertz CT molecular complexity index is 845. The van der Waals surface area contributed by atoms with Crippen LogP contribution in [0.1, 0.15) is 35.3 Å². The van der Waals surface area contributed by atoms with Crippen molar-refractivity contribution in [3.8, 4) is 0 Å². The zero-order valence-corrected chi connectivity index (χ0v) is 17.3. The minimum absolute atomic E-state index is 0.0569. The zero-order chi connectivity index (χ0) is 22.3. The minimum atomic E-state index is -4.36. The number of quaternary nitrogens is 1. The average molecular weight is 422 g/mol. The lowest BCUT2D eigenvalue weighted by Crippen LogP contribution is -3.08. The summed E-state index contributed by atoms with van der Waals surface area (Å²) in [6.45, 7) is 5.66. The van der Waals surface area contributed by atoms with Crippen molar-refractivity contribution in [2.24, 2.45) is 0 Å². The third-order valence-corrected chi connectivity index (χ3v) is 4.72. The van der Waals surface area contributed by atoms with Crippen molar-refractivity contribution in [1.82, 2.24) is 4.90 Å². The van der Waals surface area contributed by atoms with Gasteiger partial charge in [-0.3, -0.25) is 9.59 Å². The van der Waals surface area contributed by atoms with Crippen molar-refractivity contribution in [3.05, 3.63) is 65.2 Å². The monoisotopic (exact) mass is 422 g/mol. The van der Waals surface area contributed by atoms with E-state index >= 15 is 0 Å². The van der Waals surface area contributed by atoms with Gasteiger partial charge < -0.3 is 15.1 Å². The van der Waals surface area contributed by atoms with E-state index in [1.54, 1.807) is 36.2 Å². The molecule has 0 aliphatic rings. The van der Waals surface area contributed by atoms with E-state index in [2.05, 4.69) is 5.32 Å². The Morgan fingerprint density at radius 3 is 2.03 bits per heavy atom. The van der Waals surface area contributed by atoms with Gasteiger partial charge in [-0.2, -0.15) is 13.2 Å². The van der Waals surface area contributed by atoms with Crippen molar-refractivity contribution in [2.45, 2.75) is 26.6 Å². The zero-order valence-electron chi connectivity index (χ0n) is 17.3. The van der Waals surface area contributed by atoms with Crippen LogP contribution < -0.4 is 10.2 Å². The van der Waals surface area contributed by atoms with Gasteiger partial charge in [0.05, 0.1) is 12.6 Å². The van der Waals surface area contributed by atoms with Crippen LogP contribution in [0.4, 0.5) is 18.9 Å². The van der Waals surface area contributed by atoms with Crippen LogP contribution in [0.2, 0.25) is 0 Å². The molecule has 0 radical (unpaired) electrons. The van der Waals surface area contributed by atoms with Crippen LogP contribution in [0.5, 0.6) is 0 Å². The second kappa shape index (κ2) is 10.2. The first-order valence-electron chi connectivity index (χ1n) is 9.80. The molecular weight excluding hydrogens is 395 g/mol. The summed E-state index contributed by atoms with van der Waals surface area (Å²) in [5.74, 6) is -0.277. The molecule has 0 aromatic heterocycles. The molecule has 162 valence electrons. The Labute approximate surface area is 174 Å². The van der Waals surface area contributed by atoms with Crippen LogP contribution in [0, 0.1) is 0 Å². The van der Waals surface area contributed by atoms with E-state index < -0.39 is 11.7 Å². The number of halogens is 3. The summed E-state index contributed by atoms with van der Waals surface area (Å²) in [4.78, 5) is 27.1. The molecular formula is C22H27F3N3O2+. The van der Waals surface area contributed by atoms with Crippen LogP contribution in [0.3, 0.4) is 0 Å². The van der Waals surface area contributed by atoms with E-state index in [9.17, 15) is 22.8 Å². The highest BCUT2D eigenvalue weighted by molar-refractivity contribution is 5.96. The fraction of sp³-hybridized carbons (Fsp3) is 0.364. The van der Waals surface area contributed by atoms with E-state index in [-0.39, 0.29) is 18.4 Å². The first kappa shape index (κ1) is 23.4. The summed E-state index contributed by atoms with van der Waals surface area (Å²) in [6.07, 6.45) is -4.36. The highest BCUT2D eigenvalue weighted by atomic mass is 19.4. The van der Waals surface area contributed by atoms with Crippen molar-refractivity contribution in [1.29, 1.82) is 0 Å². The van der Waals surface area contributed by atoms with E-state index in [4.69, 9.17) is 0 Å². The van der Waals surface area contributed by atoms with Gasteiger partial charge in [0.1, 0.15) is 6.54 Å². The molecule has 1 atom stereocenters. The fourth-order valence-electron chi connectivity index (χ4n) is 3.09. The first-order chi connectivity index (χ1) is 14.1. The van der Waals surface area contributed by atoms with E-state index in [1.165, 1.54) is 12.1 Å². The smallest absolute Gasteiger partial charge is 0.339 e. The van der Waals surface area contributed by atoms with E-state index in [0.717, 1.165) is 17.0 Å². The van der Waals surface area contributed by atoms with E-state index in [0.29, 0.717) is 36.4 Å². The molecule has 2 aromatic carbocycles. The minimum Gasteiger partial charge on any atom is -0.339 e. The van der Waals surface area contributed by atoms with Gasteiger partial charge in [0.15, 0.2) is 6.54 Å². The number of alkyl halides is 3. The standard InChI is InChI=1S/C22H26F3N3O2/c1-4-28(5-2)21(30)17-8-12-19(13-9-17)26-20(29)15-27(3)14-16-6-10-18(11-7-16)22(23,24)25/h6-13H,4-5,14-15H2,1-3H3,(H,26,29)/p+1. The topological polar surface area (TPSA) is 53.9 Å². The second-order valence-corrected chi connectivity index (χ2v) is 7.11.